The number of hydrogen-bond acceptors (Lipinski definition) is 6. The second-order valence-electron chi connectivity index (χ2n) is 6.50. The molecule has 2 aromatic carbocycles. The highest BCUT2D eigenvalue weighted by Crippen LogP contribution is 2.22. The molecule has 0 fully saturated rings. The topological polar surface area (TPSA) is 102 Å². The fraction of sp³-hybridized carbons (Fsp3) is 0.300. The molecular weight excluding hydrogens is 396 g/mol. The molecule has 0 saturated carbocycles. The summed E-state index contributed by atoms with van der Waals surface area (Å²) in [5, 5.41) is 2.74. The van der Waals surface area contributed by atoms with Gasteiger partial charge < -0.3 is 14.8 Å². The summed E-state index contributed by atoms with van der Waals surface area (Å²) in [6.45, 7) is 3.39. The number of sulfonamides is 1. The van der Waals surface area contributed by atoms with E-state index in [1.54, 1.807) is 56.3 Å². The minimum absolute atomic E-state index is 0.326. The summed E-state index contributed by atoms with van der Waals surface area (Å²) in [6.07, 6.45) is 0.288. The Labute approximate surface area is 170 Å². The Morgan fingerprint density at radius 3 is 2.28 bits per heavy atom. The lowest BCUT2D eigenvalue weighted by Crippen LogP contribution is -2.30. The molecule has 9 heteroatoms. The molecule has 0 bridgehead atoms. The van der Waals surface area contributed by atoms with E-state index in [0.717, 1.165) is 16.1 Å². The Balaban J connectivity index is 2.07. The van der Waals surface area contributed by atoms with Gasteiger partial charge in [0.1, 0.15) is 5.75 Å². The molecule has 2 rings (SSSR count). The zero-order chi connectivity index (χ0) is 21.8. The van der Waals surface area contributed by atoms with Crippen molar-refractivity contribution in [3.8, 4) is 5.75 Å². The van der Waals surface area contributed by atoms with Gasteiger partial charge in [0.2, 0.25) is 10.0 Å². The second-order valence-corrected chi connectivity index (χ2v) is 8.51. The average molecular weight is 420 g/mol. The molecule has 0 unspecified atom stereocenters. The lowest BCUT2D eigenvalue weighted by atomic mass is 10.1. The molecule has 1 amide bonds. The van der Waals surface area contributed by atoms with Crippen LogP contribution in [-0.2, 0) is 19.6 Å². The number of benzene rings is 2. The van der Waals surface area contributed by atoms with Gasteiger partial charge >= 0.3 is 5.97 Å². The maximum Gasteiger partial charge on any atom is 0.337 e. The lowest BCUT2D eigenvalue weighted by Gasteiger charge is -2.18. The van der Waals surface area contributed by atoms with Crippen LogP contribution in [0.4, 0.5) is 11.4 Å². The van der Waals surface area contributed by atoms with Gasteiger partial charge in [-0.2, -0.15) is 0 Å². The fourth-order valence-corrected chi connectivity index (χ4v) is 2.92. The first-order valence-corrected chi connectivity index (χ1v) is 10.6. The summed E-state index contributed by atoms with van der Waals surface area (Å²) in [7, 11) is -0.623. The number of esters is 1. The van der Waals surface area contributed by atoms with E-state index in [1.807, 2.05) is 0 Å². The number of nitrogens with one attached hydrogen (secondary N) is 1. The predicted molar refractivity (Wildman–Crippen MR) is 111 cm³/mol. The van der Waals surface area contributed by atoms with Gasteiger partial charge in [-0.15, -0.1) is 0 Å². The zero-order valence-corrected chi connectivity index (χ0v) is 17.7. The van der Waals surface area contributed by atoms with Crippen LogP contribution in [0.3, 0.4) is 0 Å². The first-order valence-electron chi connectivity index (χ1n) is 8.73. The van der Waals surface area contributed by atoms with E-state index in [-0.39, 0.29) is 0 Å². The van der Waals surface area contributed by atoms with Gasteiger partial charge in [-0.05, 0) is 55.8 Å². The highest BCUT2D eigenvalue weighted by Gasteiger charge is 2.18. The van der Waals surface area contributed by atoms with Crippen molar-refractivity contribution in [3.63, 3.8) is 0 Å². The van der Waals surface area contributed by atoms with Gasteiger partial charge in [0.25, 0.3) is 5.91 Å². The Morgan fingerprint density at radius 2 is 1.72 bits per heavy atom. The highest BCUT2D eigenvalue weighted by atomic mass is 32.2. The number of hydrogen-bond donors (Lipinski definition) is 1. The largest absolute Gasteiger partial charge is 0.481 e. The summed E-state index contributed by atoms with van der Waals surface area (Å²) in [6, 6.07) is 11.2. The van der Waals surface area contributed by atoms with Gasteiger partial charge in [0, 0.05) is 12.7 Å². The van der Waals surface area contributed by atoms with Crippen molar-refractivity contribution in [1.29, 1.82) is 0 Å². The normalized spacial score (nSPS) is 12.0. The molecule has 0 heterocycles. The number of aryl methyl sites for hydroxylation is 1. The summed E-state index contributed by atoms with van der Waals surface area (Å²) >= 11 is 0. The molecule has 2 aromatic rings. The summed E-state index contributed by atoms with van der Waals surface area (Å²) in [4.78, 5) is 24.2. The molecule has 1 atom stereocenters. The predicted octanol–water partition coefficient (Wildman–Crippen LogP) is 2.58. The average Bonchev–Trinajstić information content (AvgIpc) is 2.68. The maximum atomic E-state index is 12.5. The Bertz CT molecular complexity index is 1000. The molecule has 156 valence electrons. The first-order chi connectivity index (χ1) is 13.5. The van der Waals surface area contributed by atoms with Crippen LogP contribution in [0.1, 0.15) is 22.8 Å². The number of rotatable bonds is 7. The van der Waals surface area contributed by atoms with Crippen molar-refractivity contribution in [2.45, 2.75) is 20.0 Å². The molecule has 1 N–H and O–H groups in total. The number of carbonyl (C=O) groups is 2. The highest BCUT2D eigenvalue weighted by molar-refractivity contribution is 7.92. The maximum absolute atomic E-state index is 12.5. The van der Waals surface area contributed by atoms with Crippen LogP contribution in [0.5, 0.6) is 5.75 Å². The van der Waals surface area contributed by atoms with Gasteiger partial charge in [-0.25, -0.2) is 13.2 Å². The molecule has 0 aliphatic carbocycles. The molecule has 0 saturated heterocycles. The quantitative estimate of drug-likeness (QED) is 0.691. The summed E-state index contributed by atoms with van der Waals surface area (Å²) in [5.74, 6) is -0.477. The van der Waals surface area contributed by atoms with Crippen LogP contribution >= 0.6 is 0 Å². The van der Waals surface area contributed by atoms with Gasteiger partial charge in [-0.3, -0.25) is 9.10 Å². The molecule has 8 nitrogen and oxygen atoms in total. The van der Waals surface area contributed by atoms with E-state index in [4.69, 9.17) is 9.47 Å². The van der Waals surface area contributed by atoms with Crippen molar-refractivity contribution in [3.05, 3.63) is 53.6 Å². The van der Waals surface area contributed by atoms with Crippen LogP contribution in [0.15, 0.2) is 42.5 Å². The van der Waals surface area contributed by atoms with Crippen molar-refractivity contribution >= 4 is 33.3 Å². The van der Waals surface area contributed by atoms with Crippen molar-refractivity contribution in [1.82, 2.24) is 0 Å². The van der Waals surface area contributed by atoms with Gasteiger partial charge in [0.05, 0.1) is 24.6 Å². The Hall–Kier alpha value is -3.07. The van der Waals surface area contributed by atoms with E-state index in [2.05, 4.69) is 5.32 Å². The third-order valence-corrected chi connectivity index (χ3v) is 5.50. The van der Waals surface area contributed by atoms with E-state index < -0.39 is 28.0 Å². The van der Waals surface area contributed by atoms with E-state index >= 15 is 0 Å². The number of anilines is 2. The lowest BCUT2D eigenvalue weighted by molar-refractivity contribution is -0.122. The van der Waals surface area contributed by atoms with Crippen LogP contribution < -0.4 is 14.4 Å². The molecular formula is C20H24N2O6S. The summed E-state index contributed by atoms with van der Waals surface area (Å²) in [5.41, 5.74) is 2.07. The van der Waals surface area contributed by atoms with Crippen LogP contribution in [-0.4, -0.2) is 46.8 Å². The van der Waals surface area contributed by atoms with Crippen molar-refractivity contribution in [2.24, 2.45) is 0 Å². The minimum atomic E-state index is -3.36. The van der Waals surface area contributed by atoms with E-state index in [9.17, 15) is 18.0 Å². The van der Waals surface area contributed by atoms with Crippen LogP contribution in [0, 0.1) is 6.92 Å². The van der Waals surface area contributed by atoms with Crippen molar-refractivity contribution < 1.29 is 27.5 Å². The van der Waals surface area contributed by atoms with Crippen molar-refractivity contribution in [2.75, 3.05) is 30.0 Å². The Kier molecular flexibility index (Phi) is 6.86. The monoisotopic (exact) mass is 420 g/mol. The molecule has 0 aliphatic rings. The standard InChI is InChI=1S/C20H24N2O6S/c1-13-6-7-15(20(24)27-4)12-18(13)21-19(23)14(2)28-17-10-8-16(9-11-17)22(3)29(5,25)26/h6-12,14H,1-5H3,(H,21,23)/t14-/m0/s1. The number of methoxy groups -OCH3 is 1. The molecule has 29 heavy (non-hydrogen) atoms. The molecule has 0 aliphatic heterocycles. The SMILES string of the molecule is COC(=O)c1ccc(C)c(NC(=O)[C@H](C)Oc2ccc(N(C)S(C)(=O)=O)cc2)c1. The third kappa shape index (κ3) is 5.71. The van der Waals surface area contributed by atoms with Crippen LogP contribution in [0.25, 0.3) is 0 Å². The Morgan fingerprint density at radius 1 is 1.10 bits per heavy atom. The molecule has 0 radical (unpaired) electrons. The first kappa shape index (κ1) is 22.2. The summed E-state index contributed by atoms with van der Waals surface area (Å²) < 4.78 is 34.6. The van der Waals surface area contributed by atoms with Gasteiger partial charge in [-0.1, -0.05) is 6.07 Å². The number of nitrogens with zero attached hydrogens (tertiary/aromatic N) is 1. The number of amides is 1. The second kappa shape index (κ2) is 8.95. The number of carbonyl (C=O) groups excluding carboxylic acids is 2. The zero-order valence-electron chi connectivity index (χ0n) is 16.9. The number of ether oxygens (including phenoxy) is 2. The fourth-order valence-electron chi connectivity index (χ4n) is 2.42. The van der Waals surface area contributed by atoms with E-state index in [0.29, 0.717) is 22.7 Å². The minimum Gasteiger partial charge on any atom is -0.481 e. The smallest absolute Gasteiger partial charge is 0.337 e. The van der Waals surface area contributed by atoms with E-state index in [1.165, 1.54) is 14.2 Å². The van der Waals surface area contributed by atoms with Crippen LogP contribution in [0.2, 0.25) is 0 Å². The third-order valence-electron chi connectivity index (χ3n) is 4.30. The molecule has 0 spiro atoms. The molecule has 0 aromatic heterocycles. The van der Waals surface area contributed by atoms with Gasteiger partial charge in [0.15, 0.2) is 6.10 Å².